The van der Waals surface area contributed by atoms with Crippen molar-refractivity contribution in [2.45, 2.75) is 38.9 Å². The molecule has 0 atom stereocenters. The van der Waals surface area contributed by atoms with Gasteiger partial charge in [0, 0.05) is 12.3 Å². The van der Waals surface area contributed by atoms with Crippen molar-refractivity contribution in [1.82, 2.24) is 4.98 Å². The van der Waals surface area contributed by atoms with Gasteiger partial charge in [-0.2, -0.15) is 0 Å². The Labute approximate surface area is 96.6 Å². The smallest absolute Gasteiger partial charge is 0.399 e. The molecule has 0 N–H and O–H groups in total. The van der Waals surface area contributed by atoms with Gasteiger partial charge < -0.3 is 9.31 Å². The highest BCUT2D eigenvalue weighted by molar-refractivity contribution is 6.62. The minimum Gasteiger partial charge on any atom is -0.399 e. The molecular formula is C11H16BNO2. The molecule has 0 aliphatic carbocycles. The number of nitrogens with zero attached hydrogens (tertiary/aromatic N) is 1. The van der Waals surface area contributed by atoms with E-state index in [0.717, 1.165) is 0 Å². The highest BCUT2D eigenvalue weighted by Crippen LogP contribution is 2.36. The zero-order chi connectivity index (χ0) is 14.6. The van der Waals surface area contributed by atoms with Gasteiger partial charge in [-0.1, -0.05) is 0 Å². The van der Waals surface area contributed by atoms with Crippen LogP contribution in [-0.2, 0) is 9.31 Å². The van der Waals surface area contributed by atoms with Gasteiger partial charge in [-0.05, 0) is 45.2 Å². The monoisotopic (exact) mass is 209 g/mol. The van der Waals surface area contributed by atoms with Crippen LogP contribution >= 0.6 is 0 Å². The maximum absolute atomic E-state index is 7.84. The molecule has 0 saturated carbocycles. The lowest BCUT2D eigenvalue weighted by atomic mass is 9.80. The largest absolute Gasteiger partial charge is 0.494 e. The van der Waals surface area contributed by atoms with Gasteiger partial charge in [-0.25, -0.2) is 0 Å². The molecule has 1 aliphatic heterocycles. The van der Waals surface area contributed by atoms with Crippen molar-refractivity contribution >= 4 is 12.6 Å². The van der Waals surface area contributed by atoms with Crippen LogP contribution in [0.5, 0.6) is 0 Å². The van der Waals surface area contributed by atoms with Gasteiger partial charge >= 0.3 is 7.12 Å². The van der Waals surface area contributed by atoms with Gasteiger partial charge in [0.25, 0.3) is 0 Å². The third kappa shape index (κ3) is 1.79. The summed E-state index contributed by atoms with van der Waals surface area (Å²) in [5.41, 5.74) is -1.09. The Hall–Kier alpha value is -0.865. The lowest BCUT2D eigenvalue weighted by molar-refractivity contribution is 0.00578. The van der Waals surface area contributed by atoms with Crippen molar-refractivity contribution in [3.05, 3.63) is 24.4 Å². The van der Waals surface area contributed by atoms with Gasteiger partial charge in [0.2, 0.25) is 0 Å². The SMILES string of the molecule is [2H]c1nc([2H])c([2H])c(B2OC(C)(C)C(C)(C)O2)c1[2H]. The third-order valence-corrected chi connectivity index (χ3v) is 2.98. The minimum atomic E-state index is -0.916. The Morgan fingerprint density at radius 3 is 2.07 bits per heavy atom. The van der Waals surface area contributed by atoms with Crippen molar-refractivity contribution in [2.24, 2.45) is 0 Å². The third-order valence-electron chi connectivity index (χ3n) is 2.98. The highest BCUT2D eigenvalue weighted by Gasteiger charge is 2.51. The minimum absolute atomic E-state index is 0.101. The Balaban J connectivity index is 2.51. The molecule has 1 aliphatic rings. The first-order valence-electron chi connectivity index (χ1n) is 6.87. The Morgan fingerprint density at radius 1 is 1.13 bits per heavy atom. The van der Waals surface area contributed by atoms with Crippen LogP contribution in [0.15, 0.2) is 24.4 Å². The van der Waals surface area contributed by atoms with Crippen LogP contribution in [0, 0.1) is 0 Å². The molecule has 4 heteroatoms. The van der Waals surface area contributed by atoms with Crippen molar-refractivity contribution < 1.29 is 14.8 Å². The fraction of sp³-hybridized carbons (Fsp3) is 0.545. The molecule has 15 heavy (non-hydrogen) atoms. The number of hydrogen-bond acceptors (Lipinski definition) is 3. The average Bonchev–Trinajstić information content (AvgIpc) is 2.45. The lowest BCUT2D eigenvalue weighted by Gasteiger charge is -2.32. The maximum Gasteiger partial charge on any atom is 0.494 e. The van der Waals surface area contributed by atoms with E-state index in [1.807, 2.05) is 27.7 Å². The topological polar surface area (TPSA) is 31.4 Å². The number of pyridine rings is 1. The molecule has 0 aromatic carbocycles. The van der Waals surface area contributed by atoms with Crippen molar-refractivity contribution in [2.75, 3.05) is 0 Å². The summed E-state index contributed by atoms with van der Waals surface area (Å²) in [5, 5.41) is 0. The molecule has 80 valence electrons. The van der Waals surface area contributed by atoms with Gasteiger partial charge in [0.15, 0.2) is 0 Å². The van der Waals surface area contributed by atoms with Crippen molar-refractivity contribution in [1.29, 1.82) is 0 Å². The van der Waals surface area contributed by atoms with Crippen LogP contribution in [0.25, 0.3) is 0 Å². The van der Waals surface area contributed by atoms with Crippen molar-refractivity contribution in [3.63, 3.8) is 0 Å². The molecule has 2 heterocycles. The Morgan fingerprint density at radius 2 is 1.60 bits per heavy atom. The Kier molecular flexibility index (Phi) is 1.47. The molecule has 1 saturated heterocycles. The van der Waals surface area contributed by atoms with Crippen LogP contribution in [-0.4, -0.2) is 23.3 Å². The zero-order valence-electron chi connectivity index (χ0n) is 13.3. The highest BCUT2D eigenvalue weighted by atomic mass is 16.7. The predicted molar refractivity (Wildman–Crippen MR) is 60.0 cm³/mol. The fourth-order valence-corrected chi connectivity index (χ4v) is 1.31. The van der Waals surface area contributed by atoms with Crippen LogP contribution in [0.2, 0.25) is 0 Å². The van der Waals surface area contributed by atoms with Crippen LogP contribution in [0.3, 0.4) is 0 Å². The van der Waals surface area contributed by atoms with E-state index in [-0.39, 0.29) is 29.9 Å². The second kappa shape index (κ2) is 3.32. The zero-order valence-corrected chi connectivity index (χ0v) is 9.34. The fourth-order valence-electron chi connectivity index (χ4n) is 1.31. The molecular weight excluding hydrogens is 189 g/mol. The maximum atomic E-state index is 7.84. The first-order valence-corrected chi connectivity index (χ1v) is 4.87. The van der Waals surface area contributed by atoms with E-state index >= 15 is 0 Å². The van der Waals surface area contributed by atoms with Crippen LogP contribution in [0.4, 0.5) is 0 Å². The molecule has 0 amide bonds. The molecule has 0 radical (unpaired) electrons. The normalized spacial score (nSPS) is 26.8. The van der Waals surface area contributed by atoms with Gasteiger partial charge in [-0.3, -0.25) is 4.98 Å². The summed E-state index contributed by atoms with van der Waals surface area (Å²) in [6.45, 7) is 7.46. The van der Waals surface area contributed by atoms with E-state index in [9.17, 15) is 0 Å². The summed E-state index contributed by atoms with van der Waals surface area (Å²) in [6, 6.07) is -0.445. The van der Waals surface area contributed by atoms with Gasteiger partial charge in [0.1, 0.15) is 0 Å². The molecule has 1 aromatic heterocycles. The summed E-state index contributed by atoms with van der Waals surface area (Å²) in [7, 11) is -0.916. The summed E-state index contributed by atoms with van der Waals surface area (Å²) >= 11 is 0. The predicted octanol–water partition coefficient (Wildman–Crippen LogP) is 1.38. The molecule has 2 rings (SSSR count). The van der Waals surface area contributed by atoms with E-state index in [4.69, 9.17) is 14.8 Å². The van der Waals surface area contributed by atoms with E-state index < -0.39 is 18.3 Å². The number of hydrogen-bond donors (Lipinski definition) is 0. The van der Waals surface area contributed by atoms with E-state index in [1.165, 1.54) is 0 Å². The van der Waals surface area contributed by atoms with E-state index in [0.29, 0.717) is 0 Å². The van der Waals surface area contributed by atoms with Crippen LogP contribution < -0.4 is 5.46 Å². The molecule has 0 spiro atoms. The first-order chi connectivity index (χ1) is 8.57. The summed E-state index contributed by atoms with van der Waals surface area (Å²) in [4.78, 5) is 3.52. The first kappa shape index (κ1) is 6.66. The number of rotatable bonds is 1. The molecule has 1 aromatic rings. The van der Waals surface area contributed by atoms with Crippen molar-refractivity contribution in [3.8, 4) is 0 Å². The molecule has 3 nitrogen and oxygen atoms in total. The second-order valence-electron chi connectivity index (χ2n) is 4.59. The standard InChI is InChI=1S/C11H16BNO2/c1-10(2)11(3,4)15-12(14-10)9-5-7-13-8-6-9/h5-8H,1-4H3/i5D,6D,7D,8D. The molecule has 1 fully saturated rings. The van der Waals surface area contributed by atoms with E-state index in [2.05, 4.69) is 4.98 Å². The number of aromatic nitrogens is 1. The van der Waals surface area contributed by atoms with E-state index in [1.54, 1.807) is 0 Å². The average molecular weight is 209 g/mol. The lowest BCUT2D eigenvalue weighted by Crippen LogP contribution is -2.41. The molecule has 0 unspecified atom stereocenters. The van der Waals surface area contributed by atoms with Crippen LogP contribution in [0.1, 0.15) is 33.2 Å². The summed E-state index contributed by atoms with van der Waals surface area (Å²) in [5.74, 6) is 0. The molecule has 0 bridgehead atoms. The second-order valence-corrected chi connectivity index (χ2v) is 4.59. The summed E-state index contributed by atoms with van der Waals surface area (Å²) < 4.78 is 42.3. The van der Waals surface area contributed by atoms with Gasteiger partial charge in [0.05, 0.1) is 16.7 Å². The summed E-state index contributed by atoms with van der Waals surface area (Å²) in [6.07, 6.45) is -0.684. The quantitative estimate of drug-likeness (QED) is 0.654. The Bertz CT molecular complexity index is 494. The van der Waals surface area contributed by atoms with Gasteiger partial charge in [-0.15, -0.1) is 0 Å².